The number of amides is 1. The molecule has 1 unspecified atom stereocenters. The predicted molar refractivity (Wildman–Crippen MR) is 82.3 cm³/mol. The Balaban J connectivity index is 2.11. The average Bonchev–Trinajstić information content (AvgIpc) is 2.47. The molecule has 0 N–H and O–H groups in total. The van der Waals surface area contributed by atoms with Crippen molar-refractivity contribution in [1.29, 1.82) is 0 Å². The Bertz CT molecular complexity index is 444. The minimum atomic E-state index is -0.305. The van der Waals surface area contributed by atoms with Crippen molar-refractivity contribution in [2.45, 2.75) is 58.5 Å². The zero-order chi connectivity index (χ0) is 14.4. The smallest absolute Gasteiger partial charge is 0.268 e. The first-order valence-electron chi connectivity index (χ1n) is 7.85. The number of carbonyl (C=O) groups excluding carboxylic acids is 1. The third-order valence-corrected chi connectivity index (χ3v) is 3.75. The Morgan fingerprint density at radius 1 is 1.10 bits per heavy atom. The van der Waals surface area contributed by atoms with Gasteiger partial charge in [0.1, 0.15) is 5.75 Å². The number of para-hydroxylation sites is 2. The standard InChI is InChI=1S/C17H25NO2/c1-3-5-6-9-13-18-14-11-7-8-12-15(14)20-16(10-4-2)17(18)19/h7-8,11-12,16H,3-6,9-10,13H2,1-2H3. The lowest BCUT2D eigenvalue weighted by Gasteiger charge is -2.34. The molecule has 0 fully saturated rings. The summed E-state index contributed by atoms with van der Waals surface area (Å²) in [7, 11) is 0. The van der Waals surface area contributed by atoms with E-state index in [4.69, 9.17) is 4.74 Å². The van der Waals surface area contributed by atoms with Crippen LogP contribution in [-0.2, 0) is 4.79 Å². The summed E-state index contributed by atoms with van der Waals surface area (Å²) in [5.41, 5.74) is 0.932. The third kappa shape index (κ3) is 3.33. The third-order valence-electron chi connectivity index (χ3n) is 3.75. The van der Waals surface area contributed by atoms with E-state index in [0.29, 0.717) is 0 Å². The predicted octanol–water partition coefficient (Wildman–Crippen LogP) is 4.16. The number of hydrogen-bond donors (Lipinski definition) is 0. The van der Waals surface area contributed by atoms with E-state index in [0.717, 1.165) is 37.2 Å². The second-order valence-corrected chi connectivity index (χ2v) is 5.41. The van der Waals surface area contributed by atoms with Crippen LogP contribution in [0.5, 0.6) is 5.75 Å². The molecule has 3 nitrogen and oxygen atoms in total. The summed E-state index contributed by atoms with van der Waals surface area (Å²) in [4.78, 5) is 14.5. The van der Waals surface area contributed by atoms with Crippen LogP contribution in [0.3, 0.4) is 0 Å². The second-order valence-electron chi connectivity index (χ2n) is 5.41. The van der Waals surface area contributed by atoms with Crippen LogP contribution >= 0.6 is 0 Å². The molecule has 0 radical (unpaired) electrons. The maximum atomic E-state index is 12.5. The average molecular weight is 275 g/mol. The number of fused-ring (bicyclic) bond motifs is 1. The second kappa shape index (κ2) is 7.32. The highest BCUT2D eigenvalue weighted by Crippen LogP contribution is 2.34. The van der Waals surface area contributed by atoms with Crippen LogP contribution in [-0.4, -0.2) is 18.6 Å². The molecule has 3 heteroatoms. The Labute approximate surface area is 121 Å². The van der Waals surface area contributed by atoms with Gasteiger partial charge in [-0.25, -0.2) is 0 Å². The number of unbranched alkanes of at least 4 members (excludes halogenated alkanes) is 3. The molecule has 1 aliphatic heterocycles. The Morgan fingerprint density at radius 2 is 1.90 bits per heavy atom. The molecule has 1 atom stereocenters. The minimum absolute atomic E-state index is 0.127. The van der Waals surface area contributed by atoms with Gasteiger partial charge in [0, 0.05) is 6.54 Å². The lowest BCUT2D eigenvalue weighted by molar-refractivity contribution is -0.126. The summed E-state index contributed by atoms with van der Waals surface area (Å²) < 4.78 is 5.85. The summed E-state index contributed by atoms with van der Waals surface area (Å²) in [5.74, 6) is 0.975. The number of ether oxygens (including phenoxy) is 1. The van der Waals surface area contributed by atoms with E-state index in [1.807, 2.05) is 29.2 Å². The van der Waals surface area contributed by atoms with Crippen LogP contribution < -0.4 is 9.64 Å². The Morgan fingerprint density at radius 3 is 2.65 bits per heavy atom. The normalized spacial score (nSPS) is 17.8. The van der Waals surface area contributed by atoms with Gasteiger partial charge in [-0.15, -0.1) is 0 Å². The molecule has 0 aromatic heterocycles. The van der Waals surface area contributed by atoms with Gasteiger partial charge in [-0.1, -0.05) is 51.7 Å². The molecular formula is C17H25NO2. The van der Waals surface area contributed by atoms with Crippen LogP contribution in [0.2, 0.25) is 0 Å². The van der Waals surface area contributed by atoms with Crippen LogP contribution in [0.25, 0.3) is 0 Å². The van der Waals surface area contributed by atoms with E-state index >= 15 is 0 Å². The van der Waals surface area contributed by atoms with Gasteiger partial charge >= 0.3 is 0 Å². The Hall–Kier alpha value is -1.51. The molecule has 110 valence electrons. The molecule has 2 rings (SSSR count). The first kappa shape index (κ1) is 14.9. The van der Waals surface area contributed by atoms with Crippen molar-refractivity contribution in [3.8, 4) is 5.75 Å². The van der Waals surface area contributed by atoms with E-state index in [1.165, 1.54) is 19.3 Å². The summed E-state index contributed by atoms with van der Waals surface area (Å²) in [6, 6.07) is 7.88. The van der Waals surface area contributed by atoms with E-state index in [1.54, 1.807) is 0 Å². The molecule has 0 aliphatic carbocycles. The molecule has 0 saturated heterocycles. The molecule has 1 heterocycles. The van der Waals surface area contributed by atoms with Crippen molar-refractivity contribution in [3.05, 3.63) is 24.3 Å². The maximum Gasteiger partial charge on any atom is 0.268 e. The van der Waals surface area contributed by atoms with Crippen molar-refractivity contribution in [3.63, 3.8) is 0 Å². The first-order chi connectivity index (χ1) is 9.77. The number of nitrogens with zero attached hydrogens (tertiary/aromatic N) is 1. The fraction of sp³-hybridized carbons (Fsp3) is 0.588. The summed E-state index contributed by atoms with van der Waals surface area (Å²) in [5, 5.41) is 0. The Kier molecular flexibility index (Phi) is 5.45. The zero-order valence-corrected chi connectivity index (χ0v) is 12.6. The highest BCUT2D eigenvalue weighted by Gasteiger charge is 2.32. The summed E-state index contributed by atoms with van der Waals surface area (Å²) >= 11 is 0. The fourth-order valence-electron chi connectivity index (χ4n) is 2.65. The van der Waals surface area contributed by atoms with Gasteiger partial charge in [0.05, 0.1) is 5.69 Å². The summed E-state index contributed by atoms with van der Waals surface area (Å²) in [6.45, 7) is 5.09. The number of benzene rings is 1. The number of rotatable bonds is 7. The van der Waals surface area contributed by atoms with Gasteiger partial charge in [0.25, 0.3) is 5.91 Å². The quantitative estimate of drug-likeness (QED) is 0.699. The first-order valence-corrected chi connectivity index (χ1v) is 7.85. The largest absolute Gasteiger partial charge is 0.478 e. The van der Waals surface area contributed by atoms with Gasteiger partial charge in [0.2, 0.25) is 0 Å². The zero-order valence-electron chi connectivity index (χ0n) is 12.6. The lowest BCUT2D eigenvalue weighted by atomic mass is 10.1. The number of anilines is 1. The lowest BCUT2D eigenvalue weighted by Crippen LogP contribution is -2.46. The molecule has 1 amide bonds. The van der Waals surface area contributed by atoms with E-state index in [-0.39, 0.29) is 12.0 Å². The number of hydrogen-bond acceptors (Lipinski definition) is 2. The van der Waals surface area contributed by atoms with Crippen molar-refractivity contribution in [2.75, 3.05) is 11.4 Å². The van der Waals surface area contributed by atoms with Gasteiger partial charge < -0.3 is 9.64 Å². The van der Waals surface area contributed by atoms with Crippen molar-refractivity contribution in [1.82, 2.24) is 0 Å². The van der Waals surface area contributed by atoms with Crippen molar-refractivity contribution >= 4 is 11.6 Å². The van der Waals surface area contributed by atoms with Gasteiger partial charge in [0.15, 0.2) is 6.10 Å². The maximum absolute atomic E-state index is 12.5. The van der Waals surface area contributed by atoms with Crippen LogP contribution in [0.1, 0.15) is 52.4 Å². The summed E-state index contributed by atoms with van der Waals surface area (Å²) in [6.07, 6.45) is 6.14. The van der Waals surface area contributed by atoms with Gasteiger partial charge in [-0.3, -0.25) is 4.79 Å². The molecule has 0 saturated carbocycles. The van der Waals surface area contributed by atoms with Crippen molar-refractivity contribution < 1.29 is 9.53 Å². The molecule has 1 aliphatic rings. The van der Waals surface area contributed by atoms with E-state index in [2.05, 4.69) is 13.8 Å². The molecule has 0 bridgehead atoms. The highest BCUT2D eigenvalue weighted by atomic mass is 16.5. The molecule has 20 heavy (non-hydrogen) atoms. The highest BCUT2D eigenvalue weighted by molar-refractivity contribution is 5.99. The van der Waals surface area contributed by atoms with E-state index in [9.17, 15) is 4.79 Å². The molecule has 1 aromatic carbocycles. The monoisotopic (exact) mass is 275 g/mol. The van der Waals surface area contributed by atoms with Gasteiger partial charge in [-0.2, -0.15) is 0 Å². The molecular weight excluding hydrogens is 250 g/mol. The van der Waals surface area contributed by atoms with Crippen LogP contribution in [0.4, 0.5) is 5.69 Å². The topological polar surface area (TPSA) is 29.5 Å². The van der Waals surface area contributed by atoms with Crippen LogP contribution in [0, 0.1) is 0 Å². The molecule has 0 spiro atoms. The van der Waals surface area contributed by atoms with E-state index < -0.39 is 0 Å². The minimum Gasteiger partial charge on any atom is -0.478 e. The fourth-order valence-corrected chi connectivity index (χ4v) is 2.65. The number of carbonyl (C=O) groups is 1. The van der Waals surface area contributed by atoms with Crippen LogP contribution in [0.15, 0.2) is 24.3 Å². The SMILES string of the molecule is CCCCCCN1C(=O)C(CCC)Oc2ccccc21. The van der Waals surface area contributed by atoms with Gasteiger partial charge in [-0.05, 0) is 25.0 Å². The van der Waals surface area contributed by atoms with Crippen molar-refractivity contribution in [2.24, 2.45) is 0 Å². The molecule has 1 aromatic rings.